The Balaban J connectivity index is 1.75. The van der Waals surface area contributed by atoms with Crippen LogP contribution in [0.5, 0.6) is 0 Å². The lowest BCUT2D eigenvalue weighted by Crippen LogP contribution is -2.42. The van der Waals surface area contributed by atoms with E-state index in [4.69, 9.17) is 47.0 Å². The van der Waals surface area contributed by atoms with Crippen LogP contribution < -0.4 is 10.6 Å². The zero-order valence-corrected chi connectivity index (χ0v) is 17.5. The van der Waals surface area contributed by atoms with E-state index >= 15 is 0 Å². The molecule has 0 saturated carbocycles. The number of nitrogens with zero attached hydrogens (tertiary/aromatic N) is 2. The van der Waals surface area contributed by atoms with Crippen LogP contribution in [0.4, 0.5) is 0 Å². The molecule has 1 amide bonds. The zero-order chi connectivity index (χ0) is 20.1. The summed E-state index contributed by atoms with van der Waals surface area (Å²) < 4.78 is 1.88. The second-order valence-corrected chi connectivity index (χ2v) is 7.60. The van der Waals surface area contributed by atoms with E-state index in [1.54, 1.807) is 48.9 Å². The van der Waals surface area contributed by atoms with Gasteiger partial charge >= 0.3 is 0 Å². The third-order valence-electron chi connectivity index (χ3n) is 3.93. The number of amides is 1. The second-order valence-electron chi connectivity index (χ2n) is 5.91. The van der Waals surface area contributed by atoms with E-state index < -0.39 is 0 Å². The second kappa shape index (κ2) is 9.39. The van der Waals surface area contributed by atoms with Crippen molar-refractivity contribution < 1.29 is 4.79 Å². The van der Waals surface area contributed by atoms with Gasteiger partial charge in [0.15, 0.2) is 5.11 Å². The highest BCUT2D eigenvalue weighted by molar-refractivity contribution is 7.80. The lowest BCUT2D eigenvalue weighted by molar-refractivity contribution is 0.0976. The summed E-state index contributed by atoms with van der Waals surface area (Å²) in [6.45, 7) is 0.498. The predicted octanol–water partition coefficient (Wildman–Crippen LogP) is 4.89. The summed E-state index contributed by atoms with van der Waals surface area (Å²) in [6.07, 6.45) is 5.20. The van der Waals surface area contributed by atoms with E-state index in [0.29, 0.717) is 27.2 Å². The molecule has 0 radical (unpaired) electrons. The molecule has 3 aromatic rings. The van der Waals surface area contributed by atoms with Crippen LogP contribution in [0.3, 0.4) is 0 Å². The minimum atomic E-state index is -0.335. The van der Waals surface area contributed by atoms with Gasteiger partial charge in [-0.15, -0.1) is 0 Å². The van der Waals surface area contributed by atoms with Gasteiger partial charge in [0, 0.05) is 39.6 Å². The van der Waals surface area contributed by atoms with Gasteiger partial charge in [-0.1, -0.05) is 40.9 Å². The average Bonchev–Trinajstić information content (AvgIpc) is 3.15. The molecule has 3 rings (SSSR count). The third-order valence-corrected chi connectivity index (χ3v) is 4.96. The summed E-state index contributed by atoms with van der Waals surface area (Å²) in [7, 11) is 0. The Kier molecular flexibility index (Phi) is 6.91. The van der Waals surface area contributed by atoms with Crippen molar-refractivity contribution in [3.63, 3.8) is 0 Å². The Morgan fingerprint density at radius 2 is 1.82 bits per heavy atom. The number of hydrogen-bond donors (Lipinski definition) is 2. The molecule has 0 aliphatic carbocycles. The van der Waals surface area contributed by atoms with Crippen molar-refractivity contribution in [1.82, 2.24) is 20.2 Å². The van der Waals surface area contributed by atoms with Crippen LogP contribution in [0.25, 0.3) is 0 Å². The maximum absolute atomic E-state index is 12.4. The largest absolute Gasteiger partial charge is 0.354 e. The third kappa shape index (κ3) is 5.45. The molecule has 2 N–H and O–H groups in total. The quantitative estimate of drug-likeness (QED) is 0.540. The topological polar surface area (TPSA) is 59.0 Å². The van der Waals surface area contributed by atoms with Gasteiger partial charge in [0.05, 0.1) is 12.4 Å². The first kappa shape index (κ1) is 20.6. The summed E-state index contributed by atoms with van der Waals surface area (Å²) >= 11 is 23.6. The first-order valence-electron chi connectivity index (χ1n) is 8.20. The molecule has 0 aliphatic heterocycles. The Morgan fingerprint density at radius 1 is 1.11 bits per heavy atom. The van der Waals surface area contributed by atoms with Crippen molar-refractivity contribution >= 4 is 58.0 Å². The van der Waals surface area contributed by atoms with Crippen LogP contribution in [-0.4, -0.2) is 20.6 Å². The van der Waals surface area contributed by atoms with E-state index in [0.717, 1.165) is 5.56 Å². The molecule has 0 spiro atoms. The lowest BCUT2D eigenvalue weighted by Gasteiger charge is -2.22. The fourth-order valence-corrected chi connectivity index (χ4v) is 3.48. The van der Waals surface area contributed by atoms with Crippen LogP contribution in [0.1, 0.15) is 22.0 Å². The smallest absolute Gasteiger partial charge is 0.257 e. The van der Waals surface area contributed by atoms with E-state index in [-0.39, 0.29) is 17.1 Å². The number of benzene rings is 2. The number of carbonyl (C=O) groups is 1. The van der Waals surface area contributed by atoms with Crippen LogP contribution in [0, 0.1) is 0 Å². The number of aromatic nitrogens is 2. The molecule has 144 valence electrons. The first-order chi connectivity index (χ1) is 13.4. The molecule has 0 bridgehead atoms. The summed E-state index contributed by atoms with van der Waals surface area (Å²) in [5.74, 6) is -0.335. The molecule has 0 saturated heterocycles. The van der Waals surface area contributed by atoms with E-state index in [9.17, 15) is 4.79 Å². The van der Waals surface area contributed by atoms with Crippen molar-refractivity contribution in [3.05, 3.63) is 87.4 Å². The van der Waals surface area contributed by atoms with Crippen molar-refractivity contribution in [2.75, 3.05) is 0 Å². The fraction of sp³-hybridized carbons (Fsp3) is 0.105. The summed E-state index contributed by atoms with van der Waals surface area (Å²) in [4.78, 5) is 16.4. The average molecular weight is 454 g/mol. The number of hydrogen-bond acceptors (Lipinski definition) is 3. The number of rotatable bonds is 5. The number of carbonyl (C=O) groups excluding carboxylic acids is 1. The number of thiocarbonyl (C=S) groups is 1. The lowest BCUT2D eigenvalue weighted by atomic mass is 10.1. The molecule has 9 heteroatoms. The highest BCUT2D eigenvalue weighted by atomic mass is 35.5. The van der Waals surface area contributed by atoms with Crippen molar-refractivity contribution in [2.45, 2.75) is 12.6 Å². The summed E-state index contributed by atoms with van der Waals surface area (Å²) in [6, 6.07) is 11.5. The van der Waals surface area contributed by atoms with Gasteiger partial charge in [0.2, 0.25) is 0 Å². The van der Waals surface area contributed by atoms with E-state index in [1.807, 2.05) is 16.8 Å². The van der Waals surface area contributed by atoms with Gasteiger partial charge in [-0.05, 0) is 54.2 Å². The maximum Gasteiger partial charge on any atom is 0.257 e. The minimum Gasteiger partial charge on any atom is -0.354 e. The van der Waals surface area contributed by atoms with Gasteiger partial charge in [-0.2, -0.15) is 0 Å². The fourth-order valence-electron chi connectivity index (χ4n) is 2.58. The Morgan fingerprint density at radius 3 is 2.46 bits per heavy atom. The molecule has 1 atom stereocenters. The van der Waals surface area contributed by atoms with Gasteiger partial charge in [0.1, 0.15) is 0 Å². The standard InChI is InChI=1S/C19H15Cl3N4OS/c20-13-3-1-12(2-4-13)18(27)25-19(28)24-17(10-26-8-7-23-11-26)15-6-5-14(21)9-16(15)22/h1-9,11,17H,10H2,(H2,24,25,27,28). The monoisotopic (exact) mass is 452 g/mol. The summed E-state index contributed by atoms with van der Waals surface area (Å²) in [5, 5.41) is 7.57. The zero-order valence-electron chi connectivity index (χ0n) is 14.4. The van der Waals surface area contributed by atoms with E-state index in [1.165, 1.54) is 0 Å². The molecule has 28 heavy (non-hydrogen) atoms. The minimum absolute atomic E-state index is 0.177. The molecule has 5 nitrogen and oxygen atoms in total. The SMILES string of the molecule is O=C(NC(=S)NC(Cn1ccnc1)c1ccc(Cl)cc1Cl)c1ccc(Cl)cc1. The van der Waals surface area contributed by atoms with Crippen LogP contribution in [-0.2, 0) is 6.54 Å². The molecule has 0 aliphatic rings. The van der Waals surface area contributed by atoms with Crippen LogP contribution in [0.2, 0.25) is 15.1 Å². The number of nitrogens with one attached hydrogen (secondary N) is 2. The summed E-state index contributed by atoms with van der Waals surface area (Å²) in [5.41, 5.74) is 1.24. The van der Waals surface area contributed by atoms with Gasteiger partial charge in [-0.25, -0.2) is 4.98 Å². The number of halogens is 3. The van der Waals surface area contributed by atoms with Gasteiger partial charge in [-0.3, -0.25) is 10.1 Å². The molecular formula is C19H15Cl3N4OS. The first-order valence-corrected chi connectivity index (χ1v) is 9.74. The van der Waals surface area contributed by atoms with Crippen molar-refractivity contribution in [3.8, 4) is 0 Å². The normalized spacial score (nSPS) is 11.7. The van der Waals surface area contributed by atoms with Crippen LogP contribution >= 0.6 is 47.0 Å². The Hall–Kier alpha value is -2.12. The predicted molar refractivity (Wildman–Crippen MR) is 116 cm³/mol. The van der Waals surface area contributed by atoms with Crippen LogP contribution in [0.15, 0.2) is 61.2 Å². The molecule has 2 aromatic carbocycles. The highest BCUT2D eigenvalue weighted by Gasteiger charge is 2.18. The Bertz CT molecular complexity index is 977. The van der Waals surface area contributed by atoms with Crippen molar-refractivity contribution in [1.29, 1.82) is 0 Å². The molecule has 1 heterocycles. The number of imidazole rings is 1. The Labute approximate surface area is 182 Å². The molecule has 0 fully saturated rings. The highest BCUT2D eigenvalue weighted by Crippen LogP contribution is 2.27. The maximum atomic E-state index is 12.4. The molecular weight excluding hydrogens is 439 g/mol. The van der Waals surface area contributed by atoms with Gasteiger partial charge in [0.25, 0.3) is 5.91 Å². The van der Waals surface area contributed by atoms with Crippen molar-refractivity contribution in [2.24, 2.45) is 0 Å². The molecule has 1 aromatic heterocycles. The van der Waals surface area contributed by atoms with Gasteiger partial charge < -0.3 is 9.88 Å². The van der Waals surface area contributed by atoms with E-state index in [2.05, 4.69) is 15.6 Å². The molecule has 1 unspecified atom stereocenters.